The predicted molar refractivity (Wildman–Crippen MR) is 166 cm³/mol. The summed E-state index contributed by atoms with van der Waals surface area (Å²) in [5, 5.41) is 10.8. The number of hydrogen-bond acceptors (Lipinski definition) is 5. The zero-order valence-corrected chi connectivity index (χ0v) is 24.7. The van der Waals surface area contributed by atoms with E-state index in [1.165, 1.54) is 5.01 Å². The molecule has 2 atom stereocenters. The van der Waals surface area contributed by atoms with Gasteiger partial charge in [0.25, 0.3) is 5.91 Å². The second-order valence-electron chi connectivity index (χ2n) is 11.2. The molecule has 8 nitrogen and oxygen atoms in total. The summed E-state index contributed by atoms with van der Waals surface area (Å²) in [5.74, 6) is 0.369. The van der Waals surface area contributed by atoms with E-state index in [1.54, 1.807) is 33.3 Å². The van der Waals surface area contributed by atoms with Gasteiger partial charge < -0.3 is 0 Å². The van der Waals surface area contributed by atoms with Crippen molar-refractivity contribution in [3.8, 4) is 16.9 Å². The zero-order chi connectivity index (χ0) is 29.4. The van der Waals surface area contributed by atoms with Crippen LogP contribution < -0.4 is 5.01 Å². The fourth-order valence-corrected chi connectivity index (χ4v) is 7.50. The van der Waals surface area contributed by atoms with E-state index in [0.717, 1.165) is 12.1 Å². The van der Waals surface area contributed by atoms with Gasteiger partial charge in [-0.25, -0.2) is 13.1 Å². The first-order valence-corrected chi connectivity index (χ1v) is 15.6. The summed E-state index contributed by atoms with van der Waals surface area (Å²) in [7, 11) is -3.69. The van der Waals surface area contributed by atoms with Gasteiger partial charge in [-0.1, -0.05) is 62.4 Å². The normalized spacial score (nSPS) is 20.7. The third-order valence-corrected chi connectivity index (χ3v) is 9.53. The highest BCUT2D eigenvalue weighted by Crippen LogP contribution is 2.32. The van der Waals surface area contributed by atoms with Gasteiger partial charge in [0.05, 0.1) is 27.6 Å². The molecule has 0 spiro atoms. The van der Waals surface area contributed by atoms with Gasteiger partial charge in [0.15, 0.2) is 0 Å². The van der Waals surface area contributed by atoms with E-state index < -0.39 is 10.0 Å². The van der Waals surface area contributed by atoms with Crippen LogP contribution in [0.3, 0.4) is 0 Å². The Morgan fingerprint density at radius 3 is 2.17 bits per heavy atom. The Morgan fingerprint density at radius 1 is 0.857 bits per heavy atom. The number of carbonyl (C=O) groups is 1. The zero-order valence-electron chi connectivity index (χ0n) is 23.9. The lowest BCUT2D eigenvalue weighted by atomic mass is 9.94. The van der Waals surface area contributed by atoms with Gasteiger partial charge in [-0.3, -0.25) is 4.79 Å². The Kier molecular flexibility index (Phi) is 7.38. The minimum absolute atomic E-state index is 0.234. The number of sulfonamides is 1. The number of amides is 1. The van der Waals surface area contributed by atoms with Crippen LogP contribution in [0.4, 0.5) is 5.69 Å². The maximum Gasteiger partial charge on any atom is 0.280 e. The van der Waals surface area contributed by atoms with Crippen molar-refractivity contribution in [2.75, 3.05) is 18.1 Å². The van der Waals surface area contributed by atoms with Gasteiger partial charge >= 0.3 is 0 Å². The summed E-state index contributed by atoms with van der Waals surface area (Å²) in [6.45, 7) is 7.02. The molecular formula is C33H33N5O3S. The molecule has 1 fully saturated rings. The van der Waals surface area contributed by atoms with E-state index in [9.17, 15) is 13.2 Å². The van der Waals surface area contributed by atoms with Crippen LogP contribution in [-0.4, -0.2) is 47.2 Å². The van der Waals surface area contributed by atoms with Gasteiger partial charge in [-0.05, 0) is 67.7 Å². The number of piperidine rings is 1. The molecule has 0 N–H and O–H groups in total. The number of anilines is 1. The monoisotopic (exact) mass is 579 g/mol. The highest BCUT2D eigenvalue weighted by molar-refractivity contribution is 7.89. The molecular weight excluding hydrogens is 546 g/mol. The molecule has 2 unspecified atom stereocenters. The second kappa shape index (κ2) is 11.2. The summed E-state index contributed by atoms with van der Waals surface area (Å²) in [5.41, 5.74) is 4.47. The van der Waals surface area contributed by atoms with Gasteiger partial charge in [-0.15, -0.1) is 0 Å². The van der Waals surface area contributed by atoms with Gasteiger partial charge in [-0.2, -0.15) is 19.5 Å². The molecule has 0 bridgehead atoms. The Hall–Kier alpha value is -4.34. The Bertz CT molecular complexity index is 1790. The Labute approximate surface area is 246 Å². The summed E-state index contributed by atoms with van der Waals surface area (Å²) >= 11 is 0. The van der Waals surface area contributed by atoms with Crippen molar-refractivity contribution < 1.29 is 13.2 Å². The Morgan fingerprint density at radius 2 is 1.50 bits per heavy atom. The molecule has 1 aromatic heterocycles. The number of rotatable bonds is 6. The quantitative estimate of drug-likeness (QED) is 0.262. The largest absolute Gasteiger partial charge is 0.280 e. The van der Waals surface area contributed by atoms with Crippen molar-refractivity contribution in [1.29, 1.82) is 0 Å². The van der Waals surface area contributed by atoms with Crippen LogP contribution in [0.1, 0.15) is 32.8 Å². The van der Waals surface area contributed by atoms with Crippen molar-refractivity contribution >= 4 is 33.4 Å². The van der Waals surface area contributed by atoms with E-state index in [2.05, 4.69) is 18.9 Å². The summed E-state index contributed by atoms with van der Waals surface area (Å²) < 4.78 is 30.8. The number of hydrogen-bond donors (Lipinski definition) is 0. The van der Waals surface area contributed by atoms with E-state index in [0.29, 0.717) is 58.7 Å². The highest BCUT2D eigenvalue weighted by atomic mass is 32.2. The fraction of sp³-hybridized carbons (Fsp3) is 0.242. The number of hydrazone groups is 1. The van der Waals surface area contributed by atoms with E-state index >= 15 is 0 Å². The van der Waals surface area contributed by atoms with E-state index in [-0.39, 0.29) is 10.8 Å². The van der Waals surface area contributed by atoms with Gasteiger partial charge in [0, 0.05) is 30.4 Å². The van der Waals surface area contributed by atoms with Gasteiger partial charge in [0.2, 0.25) is 10.0 Å². The van der Waals surface area contributed by atoms with Crippen LogP contribution in [0.25, 0.3) is 23.0 Å². The fourth-order valence-electron chi connectivity index (χ4n) is 5.77. The van der Waals surface area contributed by atoms with Crippen LogP contribution in [0.5, 0.6) is 0 Å². The first-order chi connectivity index (χ1) is 20.2. The van der Waals surface area contributed by atoms with E-state index in [4.69, 9.17) is 5.10 Å². The minimum atomic E-state index is -3.69. The molecule has 2 aliphatic rings. The minimum Gasteiger partial charge on any atom is -0.267 e. The smallest absolute Gasteiger partial charge is 0.267 e. The average Bonchev–Trinajstić information content (AvgIpc) is 3.54. The molecule has 3 aromatic carbocycles. The molecule has 6 rings (SSSR count). The molecule has 0 saturated carbocycles. The first kappa shape index (κ1) is 27.8. The van der Waals surface area contributed by atoms with Crippen molar-refractivity contribution in [3.05, 3.63) is 102 Å². The van der Waals surface area contributed by atoms with Gasteiger partial charge in [0.1, 0.15) is 5.69 Å². The molecule has 0 aliphatic carbocycles. The molecule has 9 heteroatoms. The van der Waals surface area contributed by atoms with Crippen LogP contribution in [0, 0.1) is 11.8 Å². The van der Waals surface area contributed by atoms with E-state index in [1.807, 2.05) is 79.9 Å². The molecule has 4 aromatic rings. The van der Waals surface area contributed by atoms with Crippen molar-refractivity contribution in [2.45, 2.75) is 32.1 Å². The lowest BCUT2D eigenvalue weighted by Gasteiger charge is -2.34. The topological polar surface area (TPSA) is 87.9 Å². The molecule has 42 heavy (non-hydrogen) atoms. The van der Waals surface area contributed by atoms with Crippen LogP contribution in [-0.2, 0) is 14.8 Å². The second-order valence-corrected chi connectivity index (χ2v) is 13.1. The summed E-state index contributed by atoms with van der Waals surface area (Å²) in [4.78, 5) is 13.7. The molecule has 3 heterocycles. The maximum absolute atomic E-state index is 13.7. The number of aromatic nitrogens is 2. The van der Waals surface area contributed by atoms with Crippen LogP contribution in [0.2, 0.25) is 0 Å². The number of para-hydroxylation sites is 2. The summed E-state index contributed by atoms with van der Waals surface area (Å²) in [6, 6.07) is 25.9. The highest BCUT2D eigenvalue weighted by Gasteiger charge is 2.32. The molecule has 0 radical (unpaired) electrons. The lowest BCUT2D eigenvalue weighted by Crippen LogP contribution is -2.42. The van der Waals surface area contributed by atoms with Crippen molar-refractivity contribution in [1.82, 2.24) is 14.1 Å². The van der Waals surface area contributed by atoms with Crippen LogP contribution >= 0.6 is 0 Å². The van der Waals surface area contributed by atoms with Crippen molar-refractivity contribution in [3.63, 3.8) is 0 Å². The molecule has 2 aliphatic heterocycles. The third kappa shape index (κ3) is 5.33. The number of nitrogens with zero attached hydrogens (tertiary/aromatic N) is 5. The SMILES string of the molecule is CC1=NN(c2ccccc2)C(=O)C1=Cc1cn(-c2ccccc2)nc1-c1cccc(S(=O)(=O)N2CC(C)CC(C)C2)c1. The molecule has 1 amide bonds. The standard InChI is InChI=1S/C33H33N5O3S/c1-23-17-24(2)21-36(20-23)42(40,41)30-16-10-11-26(18-30)32-27(22-37(35-32)28-12-6-4-7-13-28)19-31-25(3)34-38(33(31)39)29-14-8-5-9-15-29/h4-16,18-19,22-24H,17,20-21H2,1-3H3. The lowest BCUT2D eigenvalue weighted by molar-refractivity contribution is -0.114. The molecule has 1 saturated heterocycles. The number of benzene rings is 3. The third-order valence-electron chi connectivity index (χ3n) is 7.71. The molecule has 214 valence electrons. The Balaban J connectivity index is 1.42. The summed E-state index contributed by atoms with van der Waals surface area (Å²) in [6.07, 6.45) is 4.67. The van der Waals surface area contributed by atoms with Crippen LogP contribution in [0.15, 0.2) is 107 Å². The first-order valence-electron chi connectivity index (χ1n) is 14.1. The van der Waals surface area contributed by atoms with Crippen molar-refractivity contribution in [2.24, 2.45) is 16.9 Å². The maximum atomic E-state index is 13.7. The predicted octanol–water partition coefficient (Wildman–Crippen LogP) is 6.01. The average molecular weight is 580 g/mol. The number of carbonyl (C=O) groups excluding carboxylic acids is 1.